The van der Waals surface area contributed by atoms with E-state index in [-0.39, 0.29) is 5.82 Å². The van der Waals surface area contributed by atoms with Crippen LogP contribution in [-0.2, 0) is 6.54 Å². The Balaban J connectivity index is 2.12. The SMILES string of the molecule is C=Cc1ccc(CNC(=C)c2ccc(F)cc2C(=C)C)cc1. The number of rotatable bonds is 6. The Labute approximate surface area is 131 Å². The molecule has 0 radical (unpaired) electrons. The summed E-state index contributed by atoms with van der Waals surface area (Å²) in [6.45, 7) is 14.2. The quantitative estimate of drug-likeness (QED) is 0.765. The Morgan fingerprint density at radius 1 is 1.09 bits per heavy atom. The van der Waals surface area contributed by atoms with Gasteiger partial charge in [0, 0.05) is 17.8 Å². The second-order valence-corrected chi connectivity index (χ2v) is 5.25. The van der Waals surface area contributed by atoms with Gasteiger partial charge < -0.3 is 5.32 Å². The first kappa shape index (κ1) is 15.8. The standard InChI is InChI=1S/C20H20FN/c1-5-16-6-8-17(9-7-16)13-22-15(4)19-11-10-18(21)12-20(19)14(2)3/h5-12,22H,1-2,4,13H2,3H3. The van der Waals surface area contributed by atoms with Crippen molar-refractivity contribution in [3.05, 3.63) is 90.3 Å². The highest BCUT2D eigenvalue weighted by Gasteiger charge is 2.08. The first-order valence-corrected chi connectivity index (χ1v) is 7.11. The summed E-state index contributed by atoms with van der Waals surface area (Å²) in [6, 6.07) is 12.8. The van der Waals surface area contributed by atoms with Gasteiger partial charge in [-0.25, -0.2) is 4.39 Å². The van der Waals surface area contributed by atoms with E-state index in [0.717, 1.165) is 33.5 Å². The number of halogens is 1. The number of nitrogens with one attached hydrogen (secondary N) is 1. The van der Waals surface area contributed by atoms with Crippen molar-refractivity contribution in [2.24, 2.45) is 0 Å². The Kier molecular flexibility index (Phi) is 4.95. The van der Waals surface area contributed by atoms with Crippen molar-refractivity contribution in [3.8, 4) is 0 Å². The molecule has 0 atom stereocenters. The molecule has 1 nitrogen and oxygen atoms in total. The van der Waals surface area contributed by atoms with E-state index < -0.39 is 0 Å². The van der Waals surface area contributed by atoms with Crippen molar-refractivity contribution in [1.29, 1.82) is 0 Å². The molecule has 0 unspecified atom stereocenters. The minimum Gasteiger partial charge on any atom is -0.381 e. The molecule has 2 aromatic carbocycles. The average molecular weight is 293 g/mol. The summed E-state index contributed by atoms with van der Waals surface area (Å²) in [5.41, 5.74) is 5.45. The molecule has 0 fully saturated rings. The zero-order valence-electron chi connectivity index (χ0n) is 12.8. The second kappa shape index (κ2) is 6.90. The van der Waals surface area contributed by atoms with Crippen LogP contribution in [-0.4, -0.2) is 0 Å². The summed E-state index contributed by atoms with van der Waals surface area (Å²) in [5.74, 6) is -0.269. The van der Waals surface area contributed by atoms with Gasteiger partial charge in [-0.2, -0.15) is 0 Å². The third-order valence-corrected chi connectivity index (χ3v) is 3.49. The molecular formula is C20H20FN. The molecule has 0 aromatic heterocycles. The summed E-state index contributed by atoms with van der Waals surface area (Å²) in [6.07, 6.45) is 1.81. The van der Waals surface area contributed by atoms with E-state index in [0.29, 0.717) is 6.54 Å². The Bertz CT molecular complexity index is 711. The summed E-state index contributed by atoms with van der Waals surface area (Å²) in [4.78, 5) is 0. The van der Waals surface area contributed by atoms with E-state index in [9.17, 15) is 4.39 Å². The zero-order chi connectivity index (χ0) is 16.1. The number of allylic oxidation sites excluding steroid dienone is 1. The molecule has 112 valence electrons. The maximum atomic E-state index is 13.4. The van der Waals surface area contributed by atoms with Gasteiger partial charge in [0.25, 0.3) is 0 Å². The number of hydrogen-bond acceptors (Lipinski definition) is 1. The molecule has 2 heteroatoms. The van der Waals surface area contributed by atoms with Crippen LogP contribution in [0.5, 0.6) is 0 Å². The maximum Gasteiger partial charge on any atom is 0.123 e. The Hall–Kier alpha value is -2.61. The molecule has 0 aliphatic heterocycles. The van der Waals surface area contributed by atoms with E-state index in [1.54, 1.807) is 6.07 Å². The lowest BCUT2D eigenvalue weighted by Gasteiger charge is -2.14. The van der Waals surface area contributed by atoms with Crippen molar-refractivity contribution >= 4 is 17.3 Å². The Morgan fingerprint density at radius 3 is 2.36 bits per heavy atom. The molecule has 0 aliphatic rings. The van der Waals surface area contributed by atoms with Gasteiger partial charge in [0.1, 0.15) is 5.82 Å². The number of benzene rings is 2. The van der Waals surface area contributed by atoms with Crippen LogP contribution in [0.15, 0.2) is 62.2 Å². The minimum absolute atomic E-state index is 0.269. The lowest BCUT2D eigenvalue weighted by molar-refractivity contribution is 0.627. The van der Waals surface area contributed by atoms with E-state index in [4.69, 9.17) is 0 Å². The highest BCUT2D eigenvalue weighted by molar-refractivity contribution is 5.76. The van der Waals surface area contributed by atoms with E-state index in [1.807, 2.05) is 37.3 Å². The predicted octanol–water partition coefficient (Wildman–Crippen LogP) is 5.26. The van der Waals surface area contributed by atoms with Crippen LogP contribution in [0, 0.1) is 5.82 Å². The van der Waals surface area contributed by atoms with E-state index in [2.05, 4.69) is 25.1 Å². The minimum atomic E-state index is -0.269. The molecule has 0 amide bonds. The summed E-state index contributed by atoms with van der Waals surface area (Å²) in [7, 11) is 0. The van der Waals surface area contributed by atoms with Gasteiger partial charge >= 0.3 is 0 Å². The topological polar surface area (TPSA) is 12.0 Å². The lowest BCUT2D eigenvalue weighted by Crippen LogP contribution is -2.12. The van der Waals surface area contributed by atoms with Gasteiger partial charge in [-0.05, 0) is 41.8 Å². The smallest absolute Gasteiger partial charge is 0.123 e. The monoisotopic (exact) mass is 293 g/mol. The first-order valence-electron chi connectivity index (χ1n) is 7.11. The molecule has 0 spiro atoms. The van der Waals surface area contributed by atoms with Gasteiger partial charge in [0.15, 0.2) is 0 Å². The average Bonchev–Trinajstić information content (AvgIpc) is 2.53. The lowest BCUT2D eigenvalue weighted by atomic mass is 9.99. The molecule has 0 heterocycles. The van der Waals surface area contributed by atoms with Crippen LogP contribution in [0.25, 0.3) is 17.3 Å². The molecule has 0 bridgehead atoms. The van der Waals surface area contributed by atoms with Crippen molar-refractivity contribution in [2.45, 2.75) is 13.5 Å². The van der Waals surface area contributed by atoms with Crippen molar-refractivity contribution < 1.29 is 4.39 Å². The highest BCUT2D eigenvalue weighted by atomic mass is 19.1. The molecule has 0 saturated heterocycles. The number of hydrogen-bond donors (Lipinski definition) is 1. The normalized spacial score (nSPS) is 10.1. The van der Waals surface area contributed by atoms with E-state index in [1.165, 1.54) is 12.1 Å². The molecule has 22 heavy (non-hydrogen) atoms. The van der Waals surface area contributed by atoms with Crippen LogP contribution in [0.2, 0.25) is 0 Å². The van der Waals surface area contributed by atoms with Crippen LogP contribution in [0.1, 0.15) is 29.2 Å². The van der Waals surface area contributed by atoms with Gasteiger partial charge in [0.05, 0.1) is 0 Å². The van der Waals surface area contributed by atoms with Crippen LogP contribution in [0.4, 0.5) is 4.39 Å². The van der Waals surface area contributed by atoms with Crippen LogP contribution in [0.3, 0.4) is 0 Å². The molecule has 0 saturated carbocycles. The Morgan fingerprint density at radius 2 is 1.77 bits per heavy atom. The van der Waals surface area contributed by atoms with Gasteiger partial charge in [-0.1, -0.05) is 55.7 Å². The molecule has 1 N–H and O–H groups in total. The summed E-state index contributed by atoms with van der Waals surface area (Å²) in [5, 5.41) is 3.28. The second-order valence-electron chi connectivity index (χ2n) is 5.25. The fraction of sp³-hybridized carbons (Fsp3) is 0.100. The molecule has 2 aromatic rings. The molecule has 2 rings (SSSR count). The van der Waals surface area contributed by atoms with Gasteiger partial charge in [-0.3, -0.25) is 0 Å². The molecular weight excluding hydrogens is 273 g/mol. The largest absolute Gasteiger partial charge is 0.381 e. The third-order valence-electron chi connectivity index (χ3n) is 3.49. The van der Waals surface area contributed by atoms with Crippen molar-refractivity contribution in [3.63, 3.8) is 0 Å². The van der Waals surface area contributed by atoms with Gasteiger partial charge in [0.2, 0.25) is 0 Å². The molecule has 0 aliphatic carbocycles. The zero-order valence-corrected chi connectivity index (χ0v) is 12.8. The van der Waals surface area contributed by atoms with Crippen molar-refractivity contribution in [2.75, 3.05) is 0 Å². The fourth-order valence-corrected chi connectivity index (χ4v) is 2.21. The summed E-state index contributed by atoms with van der Waals surface area (Å²) >= 11 is 0. The van der Waals surface area contributed by atoms with E-state index >= 15 is 0 Å². The third kappa shape index (κ3) is 3.73. The predicted molar refractivity (Wildman–Crippen MR) is 93.5 cm³/mol. The summed E-state index contributed by atoms with van der Waals surface area (Å²) < 4.78 is 13.4. The fourth-order valence-electron chi connectivity index (χ4n) is 2.21. The van der Waals surface area contributed by atoms with Crippen LogP contribution >= 0.6 is 0 Å². The van der Waals surface area contributed by atoms with Gasteiger partial charge in [-0.15, -0.1) is 0 Å². The first-order chi connectivity index (χ1) is 10.5. The maximum absolute atomic E-state index is 13.4. The van der Waals surface area contributed by atoms with Crippen LogP contribution < -0.4 is 5.32 Å². The highest BCUT2D eigenvalue weighted by Crippen LogP contribution is 2.23. The van der Waals surface area contributed by atoms with Crippen molar-refractivity contribution in [1.82, 2.24) is 5.32 Å².